The van der Waals surface area contributed by atoms with Gasteiger partial charge in [0.2, 0.25) is 15.9 Å². The maximum Gasteiger partial charge on any atom is 0.417 e. The van der Waals surface area contributed by atoms with Crippen molar-refractivity contribution >= 4 is 27.7 Å². The Morgan fingerprint density at radius 2 is 1.75 bits per heavy atom. The van der Waals surface area contributed by atoms with Gasteiger partial charge in [-0.3, -0.25) is 14.4 Å². The molecule has 3 fully saturated rings. The standard InChI is InChI=1S/C33H46F4N6O3S2/c1-48(45,46)41-18-11-29-27(23-41)32(38-43(29)15-4-13-39-16-9-26(10-17-39)42-14-3-6-31(42)44)24-7-8-28(33(35,36)37)30(21-24)47-20-19-40-12-2-5-25(34)22-40/h7-8,21,25-26H,2-6,9-20,22-23H2,1H3. The minimum Gasteiger partial charge on any atom is -0.340 e. The van der Waals surface area contributed by atoms with Crippen molar-refractivity contribution in [3.63, 3.8) is 0 Å². The highest BCUT2D eigenvalue weighted by Gasteiger charge is 2.35. The molecule has 0 saturated carbocycles. The van der Waals surface area contributed by atoms with Crippen LogP contribution in [0.25, 0.3) is 11.3 Å². The van der Waals surface area contributed by atoms with Gasteiger partial charge in [-0.1, -0.05) is 6.07 Å². The molecule has 0 bridgehead atoms. The van der Waals surface area contributed by atoms with Crippen LogP contribution in [0, 0.1) is 0 Å². The van der Waals surface area contributed by atoms with Crippen LogP contribution in [0.5, 0.6) is 0 Å². The molecule has 5 heterocycles. The Bertz CT molecular complexity index is 1560. The number of likely N-dealkylation sites (tertiary alicyclic amines) is 3. The van der Waals surface area contributed by atoms with E-state index in [1.54, 1.807) is 0 Å². The molecular weight excluding hydrogens is 669 g/mol. The number of carbonyl (C=O) groups excluding carboxylic acids is 1. The third-order valence-corrected chi connectivity index (χ3v) is 12.5. The molecule has 0 aliphatic carbocycles. The van der Waals surface area contributed by atoms with Crippen LogP contribution in [0.3, 0.4) is 0 Å². The normalized spacial score (nSPS) is 22.5. The average molecular weight is 715 g/mol. The first-order chi connectivity index (χ1) is 22.9. The summed E-state index contributed by atoms with van der Waals surface area (Å²) < 4.78 is 84.5. The number of sulfonamides is 1. The predicted octanol–water partition coefficient (Wildman–Crippen LogP) is 4.89. The molecule has 0 radical (unpaired) electrons. The molecule has 266 valence electrons. The minimum atomic E-state index is -4.54. The molecule has 15 heteroatoms. The number of nitrogens with zero attached hydrogens (tertiary/aromatic N) is 6. The Morgan fingerprint density at radius 3 is 2.44 bits per heavy atom. The molecule has 48 heavy (non-hydrogen) atoms. The number of aryl methyl sites for hydroxylation is 1. The topological polar surface area (TPSA) is 82.0 Å². The number of benzene rings is 1. The number of halogens is 4. The van der Waals surface area contributed by atoms with Crippen LogP contribution < -0.4 is 0 Å². The summed E-state index contributed by atoms with van der Waals surface area (Å²) in [6.45, 7) is 6.19. The van der Waals surface area contributed by atoms with Gasteiger partial charge in [0.25, 0.3) is 0 Å². The van der Waals surface area contributed by atoms with E-state index in [0.29, 0.717) is 68.5 Å². The second-order valence-corrected chi connectivity index (χ2v) is 16.7. The molecule has 1 atom stereocenters. The van der Waals surface area contributed by atoms with E-state index in [4.69, 9.17) is 5.10 Å². The zero-order chi connectivity index (χ0) is 34.1. The summed E-state index contributed by atoms with van der Waals surface area (Å²) in [5, 5.41) is 4.92. The zero-order valence-corrected chi connectivity index (χ0v) is 29.2. The smallest absolute Gasteiger partial charge is 0.340 e. The summed E-state index contributed by atoms with van der Waals surface area (Å²) in [5.41, 5.74) is 1.98. The number of aromatic nitrogens is 2. The van der Waals surface area contributed by atoms with E-state index in [-0.39, 0.29) is 17.3 Å². The molecule has 9 nitrogen and oxygen atoms in total. The lowest BCUT2D eigenvalue weighted by molar-refractivity contribution is -0.139. The monoisotopic (exact) mass is 714 g/mol. The summed E-state index contributed by atoms with van der Waals surface area (Å²) >= 11 is 1.11. The number of fused-ring (bicyclic) bond motifs is 1. The van der Waals surface area contributed by atoms with Gasteiger partial charge in [-0.2, -0.15) is 22.6 Å². The molecule has 6 rings (SSSR count). The third kappa shape index (κ3) is 8.39. The van der Waals surface area contributed by atoms with Crippen molar-refractivity contribution in [2.45, 2.75) is 87.7 Å². The van der Waals surface area contributed by atoms with Gasteiger partial charge in [0.05, 0.1) is 17.5 Å². The number of hydrogen-bond donors (Lipinski definition) is 0. The lowest BCUT2D eigenvalue weighted by Crippen LogP contribution is -2.45. The van der Waals surface area contributed by atoms with Gasteiger partial charge >= 0.3 is 6.18 Å². The van der Waals surface area contributed by atoms with Crippen LogP contribution in [-0.4, -0.2) is 120 Å². The Balaban J connectivity index is 1.18. The third-order valence-electron chi connectivity index (χ3n) is 10.2. The predicted molar refractivity (Wildman–Crippen MR) is 178 cm³/mol. The van der Waals surface area contributed by atoms with Gasteiger partial charge in [-0.15, -0.1) is 11.8 Å². The van der Waals surface area contributed by atoms with Crippen molar-refractivity contribution in [2.75, 3.05) is 64.4 Å². The fraction of sp³-hybridized carbons (Fsp3) is 0.697. The molecule has 0 spiro atoms. The van der Waals surface area contributed by atoms with E-state index in [1.165, 1.54) is 22.7 Å². The summed E-state index contributed by atoms with van der Waals surface area (Å²) in [6, 6.07) is 4.39. The first kappa shape index (κ1) is 35.6. The fourth-order valence-corrected chi connectivity index (χ4v) is 9.54. The Hall–Kier alpha value is -2.20. The number of carbonyl (C=O) groups is 1. The van der Waals surface area contributed by atoms with E-state index in [2.05, 4.69) is 9.80 Å². The van der Waals surface area contributed by atoms with Crippen molar-refractivity contribution < 1.29 is 30.8 Å². The second-order valence-electron chi connectivity index (χ2n) is 13.6. The van der Waals surface area contributed by atoms with Crippen molar-refractivity contribution in [2.24, 2.45) is 0 Å². The highest BCUT2D eigenvalue weighted by molar-refractivity contribution is 7.99. The molecule has 1 aromatic carbocycles. The van der Waals surface area contributed by atoms with Crippen molar-refractivity contribution in [1.29, 1.82) is 0 Å². The quantitative estimate of drug-likeness (QED) is 0.242. The Kier molecular flexibility index (Phi) is 11.1. The second kappa shape index (κ2) is 15.0. The summed E-state index contributed by atoms with van der Waals surface area (Å²) in [7, 11) is -3.48. The summed E-state index contributed by atoms with van der Waals surface area (Å²) in [5.74, 6) is 0.661. The van der Waals surface area contributed by atoms with Crippen molar-refractivity contribution in [3.05, 3.63) is 35.0 Å². The molecule has 1 amide bonds. The largest absolute Gasteiger partial charge is 0.417 e. The van der Waals surface area contributed by atoms with Gasteiger partial charge in [0.1, 0.15) is 6.17 Å². The average Bonchev–Trinajstić information content (AvgIpc) is 3.63. The van der Waals surface area contributed by atoms with Gasteiger partial charge in [0, 0.05) is 98.7 Å². The number of piperidine rings is 2. The summed E-state index contributed by atoms with van der Waals surface area (Å²) in [4.78, 5) is 18.7. The highest BCUT2D eigenvalue weighted by atomic mass is 32.2. The van der Waals surface area contributed by atoms with E-state index < -0.39 is 27.9 Å². The van der Waals surface area contributed by atoms with Gasteiger partial charge in [-0.25, -0.2) is 12.8 Å². The van der Waals surface area contributed by atoms with Crippen molar-refractivity contribution in [1.82, 2.24) is 28.8 Å². The first-order valence-corrected chi connectivity index (χ1v) is 20.0. The molecule has 1 unspecified atom stereocenters. The van der Waals surface area contributed by atoms with Crippen LogP contribution in [0.1, 0.15) is 61.8 Å². The SMILES string of the molecule is CS(=O)(=O)N1CCc2c(c(-c3ccc(C(F)(F)F)c(SCCN4CCCC(F)C4)c3)nn2CCCN2CCC(N3CCCC3=O)CC2)C1. The van der Waals surface area contributed by atoms with Crippen LogP contribution in [0.4, 0.5) is 17.6 Å². The van der Waals surface area contributed by atoms with Gasteiger partial charge < -0.3 is 9.80 Å². The minimum absolute atomic E-state index is 0.0897. The Morgan fingerprint density at radius 1 is 0.958 bits per heavy atom. The molecule has 2 aromatic rings. The van der Waals surface area contributed by atoms with Crippen LogP contribution >= 0.6 is 11.8 Å². The van der Waals surface area contributed by atoms with Crippen LogP contribution in [0.2, 0.25) is 0 Å². The van der Waals surface area contributed by atoms with Gasteiger partial charge in [0.15, 0.2) is 0 Å². The molecule has 4 aliphatic rings. The summed E-state index contributed by atoms with van der Waals surface area (Å²) in [6.07, 6.45) is 1.84. The van der Waals surface area contributed by atoms with Crippen molar-refractivity contribution in [3.8, 4) is 11.3 Å². The zero-order valence-electron chi connectivity index (χ0n) is 27.6. The molecule has 3 saturated heterocycles. The number of thioether (sulfide) groups is 1. The molecular formula is C33H46F4N6O3S2. The maximum atomic E-state index is 14.1. The highest BCUT2D eigenvalue weighted by Crippen LogP contribution is 2.40. The van der Waals surface area contributed by atoms with E-state index >= 15 is 0 Å². The molecule has 4 aliphatic heterocycles. The lowest BCUT2D eigenvalue weighted by atomic mass is 10.0. The molecule has 0 N–H and O–H groups in total. The van der Waals surface area contributed by atoms with E-state index in [1.807, 2.05) is 9.58 Å². The fourth-order valence-electron chi connectivity index (χ4n) is 7.63. The van der Waals surface area contributed by atoms with E-state index in [0.717, 1.165) is 93.9 Å². The number of rotatable bonds is 11. The van der Waals surface area contributed by atoms with Crippen LogP contribution in [-0.2, 0) is 40.5 Å². The lowest BCUT2D eigenvalue weighted by Gasteiger charge is -2.36. The first-order valence-electron chi connectivity index (χ1n) is 17.1. The van der Waals surface area contributed by atoms with Crippen LogP contribution in [0.15, 0.2) is 23.1 Å². The molecule has 1 aromatic heterocycles. The Labute approximate surface area is 285 Å². The number of amides is 1. The number of hydrogen-bond acceptors (Lipinski definition) is 7. The van der Waals surface area contributed by atoms with Gasteiger partial charge in [-0.05, 0) is 63.7 Å². The maximum absolute atomic E-state index is 14.1. The number of alkyl halides is 4. The van der Waals surface area contributed by atoms with E-state index in [9.17, 15) is 30.8 Å².